The quantitative estimate of drug-likeness (QED) is 0.663. The summed E-state index contributed by atoms with van der Waals surface area (Å²) in [6, 6.07) is 8.25. The van der Waals surface area contributed by atoms with Crippen LogP contribution in [0.3, 0.4) is 0 Å². The maximum absolute atomic E-state index is 13.5. The van der Waals surface area contributed by atoms with Gasteiger partial charge in [0.15, 0.2) is 0 Å². The monoisotopic (exact) mass is 442 g/mol. The minimum Gasteiger partial charge on any atom is -0.465 e. The fourth-order valence-corrected chi connectivity index (χ4v) is 4.09. The molecule has 0 aliphatic rings. The Kier molecular flexibility index (Phi) is 7.21. The summed E-state index contributed by atoms with van der Waals surface area (Å²) in [5, 5.41) is 2.36. The molecule has 156 valence electrons. The molecule has 0 spiro atoms. The standard InChI is InChI=1S/C19H20ClFN2O5S/c1-4-17(18(24)22-13-7-5-12(6-8-13)19(25)28-2)23(29(3,26)27)14-9-10-16(21)15(20)11-14/h5-11,17H,4H2,1-3H3,(H,22,24). The molecule has 0 saturated carbocycles. The highest BCUT2D eigenvalue weighted by Gasteiger charge is 2.32. The second-order valence-electron chi connectivity index (χ2n) is 6.14. The molecule has 1 N–H and O–H groups in total. The zero-order chi connectivity index (χ0) is 21.8. The lowest BCUT2D eigenvalue weighted by molar-refractivity contribution is -0.117. The van der Waals surface area contributed by atoms with Crippen LogP contribution in [0.4, 0.5) is 15.8 Å². The Bertz CT molecular complexity index is 1010. The molecule has 29 heavy (non-hydrogen) atoms. The van der Waals surface area contributed by atoms with Crippen molar-refractivity contribution in [1.29, 1.82) is 0 Å². The van der Waals surface area contributed by atoms with Gasteiger partial charge in [0.25, 0.3) is 0 Å². The van der Waals surface area contributed by atoms with Crippen LogP contribution >= 0.6 is 11.6 Å². The maximum Gasteiger partial charge on any atom is 0.337 e. The molecule has 10 heteroatoms. The van der Waals surface area contributed by atoms with E-state index in [9.17, 15) is 22.4 Å². The number of carbonyl (C=O) groups is 2. The third kappa shape index (κ3) is 5.45. The summed E-state index contributed by atoms with van der Waals surface area (Å²) in [7, 11) is -2.63. The number of halogens is 2. The molecule has 0 aliphatic carbocycles. The predicted molar refractivity (Wildman–Crippen MR) is 109 cm³/mol. The number of amides is 1. The van der Waals surface area contributed by atoms with Crippen molar-refractivity contribution in [2.75, 3.05) is 23.0 Å². The first-order chi connectivity index (χ1) is 13.6. The van der Waals surface area contributed by atoms with Crippen LogP contribution in [0.2, 0.25) is 5.02 Å². The van der Waals surface area contributed by atoms with Crippen molar-refractivity contribution in [2.45, 2.75) is 19.4 Å². The second-order valence-corrected chi connectivity index (χ2v) is 8.41. The van der Waals surface area contributed by atoms with Crippen molar-refractivity contribution >= 4 is 44.9 Å². The largest absolute Gasteiger partial charge is 0.465 e. The van der Waals surface area contributed by atoms with E-state index in [1.807, 2.05) is 0 Å². The summed E-state index contributed by atoms with van der Waals surface area (Å²) in [5.41, 5.74) is 0.741. The molecular weight excluding hydrogens is 423 g/mol. The Balaban J connectivity index is 2.33. The number of hydrogen-bond acceptors (Lipinski definition) is 5. The van der Waals surface area contributed by atoms with E-state index in [1.165, 1.54) is 37.4 Å². The van der Waals surface area contributed by atoms with Gasteiger partial charge in [0.2, 0.25) is 15.9 Å². The molecule has 1 atom stereocenters. The van der Waals surface area contributed by atoms with Gasteiger partial charge in [-0.2, -0.15) is 0 Å². The lowest BCUT2D eigenvalue weighted by Gasteiger charge is -2.30. The lowest BCUT2D eigenvalue weighted by atomic mass is 10.1. The Hall–Kier alpha value is -2.65. The molecule has 2 rings (SSSR count). The maximum atomic E-state index is 13.5. The van der Waals surface area contributed by atoms with E-state index in [4.69, 9.17) is 11.6 Å². The van der Waals surface area contributed by atoms with Crippen LogP contribution in [0.1, 0.15) is 23.7 Å². The van der Waals surface area contributed by atoms with Gasteiger partial charge < -0.3 is 10.1 Å². The fraction of sp³-hybridized carbons (Fsp3) is 0.263. The average Bonchev–Trinajstić information content (AvgIpc) is 2.67. The Morgan fingerprint density at radius 1 is 1.21 bits per heavy atom. The molecule has 0 aromatic heterocycles. The fourth-order valence-electron chi connectivity index (χ4n) is 2.72. The van der Waals surface area contributed by atoms with Crippen LogP contribution in [0.5, 0.6) is 0 Å². The van der Waals surface area contributed by atoms with Gasteiger partial charge in [-0.15, -0.1) is 0 Å². The molecule has 0 aliphatic heterocycles. The molecule has 0 fully saturated rings. The third-order valence-electron chi connectivity index (χ3n) is 4.06. The highest BCUT2D eigenvalue weighted by atomic mass is 35.5. The topological polar surface area (TPSA) is 92.8 Å². The van der Waals surface area contributed by atoms with Crippen LogP contribution in [0.25, 0.3) is 0 Å². The number of sulfonamides is 1. The highest BCUT2D eigenvalue weighted by Crippen LogP contribution is 2.27. The lowest BCUT2D eigenvalue weighted by Crippen LogP contribution is -2.47. The molecular formula is C19H20ClFN2O5S. The molecule has 0 bridgehead atoms. The molecule has 1 unspecified atom stereocenters. The predicted octanol–water partition coefficient (Wildman–Crippen LogP) is 3.45. The van der Waals surface area contributed by atoms with Gasteiger partial charge in [-0.25, -0.2) is 17.6 Å². The highest BCUT2D eigenvalue weighted by molar-refractivity contribution is 7.92. The molecule has 2 aromatic carbocycles. The minimum atomic E-state index is -3.89. The van der Waals surface area contributed by atoms with Crippen LogP contribution in [-0.2, 0) is 19.6 Å². The van der Waals surface area contributed by atoms with Gasteiger partial charge in [0, 0.05) is 5.69 Å². The Labute approximate surface area is 173 Å². The molecule has 7 nitrogen and oxygen atoms in total. The third-order valence-corrected chi connectivity index (χ3v) is 5.53. The summed E-state index contributed by atoms with van der Waals surface area (Å²) in [6.45, 7) is 1.65. The van der Waals surface area contributed by atoms with E-state index in [-0.39, 0.29) is 17.1 Å². The summed E-state index contributed by atoms with van der Waals surface area (Å²) >= 11 is 5.78. The molecule has 0 radical (unpaired) electrons. The van der Waals surface area contributed by atoms with Crippen molar-refractivity contribution in [2.24, 2.45) is 0 Å². The van der Waals surface area contributed by atoms with Gasteiger partial charge in [-0.3, -0.25) is 9.10 Å². The number of carbonyl (C=O) groups excluding carboxylic acids is 2. The van der Waals surface area contributed by atoms with Gasteiger partial charge in [0.05, 0.1) is 29.6 Å². The second kappa shape index (κ2) is 9.23. The number of anilines is 2. The summed E-state index contributed by atoms with van der Waals surface area (Å²) in [6.07, 6.45) is 1.10. The number of esters is 1. The van der Waals surface area contributed by atoms with Crippen molar-refractivity contribution in [3.63, 3.8) is 0 Å². The van der Waals surface area contributed by atoms with Crippen molar-refractivity contribution in [3.8, 4) is 0 Å². The first kappa shape index (κ1) is 22.6. The molecule has 2 aromatic rings. The normalized spacial score (nSPS) is 12.2. The average molecular weight is 443 g/mol. The van der Waals surface area contributed by atoms with E-state index in [0.717, 1.165) is 22.7 Å². The molecule has 1 amide bonds. The smallest absolute Gasteiger partial charge is 0.337 e. The Morgan fingerprint density at radius 3 is 2.31 bits per heavy atom. The van der Waals surface area contributed by atoms with Crippen LogP contribution in [0.15, 0.2) is 42.5 Å². The number of methoxy groups -OCH3 is 1. The van der Waals surface area contributed by atoms with E-state index in [0.29, 0.717) is 11.3 Å². The van der Waals surface area contributed by atoms with Crippen LogP contribution < -0.4 is 9.62 Å². The first-order valence-electron chi connectivity index (χ1n) is 8.52. The number of benzene rings is 2. The summed E-state index contributed by atoms with van der Waals surface area (Å²) in [5.74, 6) is -1.82. The number of hydrogen-bond donors (Lipinski definition) is 1. The van der Waals surface area contributed by atoms with E-state index >= 15 is 0 Å². The zero-order valence-electron chi connectivity index (χ0n) is 16.0. The van der Waals surface area contributed by atoms with Gasteiger partial charge in [-0.1, -0.05) is 18.5 Å². The van der Waals surface area contributed by atoms with Crippen molar-refractivity contribution in [3.05, 3.63) is 58.9 Å². The van der Waals surface area contributed by atoms with Crippen molar-refractivity contribution in [1.82, 2.24) is 0 Å². The van der Waals surface area contributed by atoms with Gasteiger partial charge in [-0.05, 0) is 48.9 Å². The summed E-state index contributed by atoms with van der Waals surface area (Å²) < 4.78 is 43.8. The number of nitrogens with one attached hydrogen (secondary N) is 1. The van der Waals surface area contributed by atoms with Gasteiger partial charge >= 0.3 is 5.97 Å². The van der Waals surface area contributed by atoms with E-state index in [1.54, 1.807) is 6.92 Å². The van der Waals surface area contributed by atoms with Gasteiger partial charge in [0.1, 0.15) is 11.9 Å². The first-order valence-corrected chi connectivity index (χ1v) is 10.7. The summed E-state index contributed by atoms with van der Waals surface area (Å²) in [4.78, 5) is 24.3. The van der Waals surface area contributed by atoms with E-state index < -0.39 is 33.8 Å². The van der Waals surface area contributed by atoms with Crippen LogP contribution in [0, 0.1) is 5.82 Å². The van der Waals surface area contributed by atoms with Crippen molar-refractivity contribution < 1.29 is 27.1 Å². The van der Waals surface area contributed by atoms with Crippen LogP contribution in [-0.4, -0.2) is 39.7 Å². The number of rotatable bonds is 7. The molecule has 0 heterocycles. The molecule has 0 saturated heterocycles. The minimum absolute atomic E-state index is 0.0712. The van der Waals surface area contributed by atoms with E-state index in [2.05, 4.69) is 10.1 Å². The zero-order valence-corrected chi connectivity index (χ0v) is 17.6. The number of nitrogens with zero attached hydrogens (tertiary/aromatic N) is 1. The number of ether oxygens (including phenoxy) is 1. The Morgan fingerprint density at radius 2 is 1.83 bits per heavy atom. The SMILES string of the molecule is CCC(C(=O)Nc1ccc(C(=O)OC)cc1)N(c1ccc(F)c(Cl)c1)S(C)(=O)=O.